The van der Waals surface area contributed by atoms with E-state index in [0.29, 0.717) is 37.5 Å². The Morgan fingerprint density at radius 3 is 2.03 bits per heavy atom. The molecule has 0 fully saturated rings. The quantitative estimate of drug-likeness (QED) is 0.0957. The molecule has 1 aliphatic heterocycles. The van der Waals surface area contributed by atoms with Gasteiger partial charge in [0.1, 0.15) is 0 Å². The summed E-state index contributed by atoms with van der Waals surface area (Å²) in [4.78, 5) is 7.33. The van der Waals surface area contributed by atoms with Crippen molar-refractivity contribution < 1.29 is 40.5 Å². The van der Waals surface area contributed by atoms with Crippen molar-refractivity contribution in [3.05, 3.63) is 245 Å². The minimum atomic E-state index is -2.24. The second-order valence-corrected chi connectivity index (χ2v) is 21.1. The number of hydrogen-bond donors (Lipinski definition) is 0. The number of nitrogens with zero attached hydrogens (tertiary/aromatic N) is 5. The Kier molecular flexibility index (Phi) is 9.04. The van der Waals surface area contributed by atoms with E-state index in [2.05, 4.69) is 81.0 Å². The molecule has 4 heterocycles. The molecule has 0 saturated carbocycles. The summed E-state index contributed by atoms with van der Waals surface area (Å²) in [5.74, 6) is -0.657. The van der Waals surface area contributed by atoms with E-state index in [1.165, 1.54) is 0 Å². The van der Waals surface area contributed by atoms with Crippen molar-refractivity contribution >= 4 is 56.8 Å². The van der Waals surface area contributed by atoms with Crippen LogP contribution in [0.1, 0.15) is 62.2 Å². The number of fused-ring (bicyclic) bond motifs is 4. The van der Waals surface area contributed by atoms with Crippen LogP contribution in [0.4, 0.5) is 11.5 Å². The van der Waals surface area contributed by atoms with Gasteiger partial charge in [0.15, 0.2) is 0 Å². The third-order valence-corrected chi connectivity index (χ3v) is 14.9. The molecule has 372 valence electrons. The molecule has 0 unspecified atom stereocenters. The average molecular weight is 1180 g/mol. The van der Waals surface area contributed by atoms with Gasteiger partial charge in [-0.15, -0.1) is 5.39 Å². The SMILES string of the molecule is [2H]c1c([2H])c([2H])c(-c2cccc(-c3ccc(C(C)(C)C)cc3)c2-n2[c](=[Pt])n(-c3[c-]c(Oc4nc(N5B(c6ccccc6)n6c7ccccc7c7cc[c-]c5c76)cc(C([2H])([2H])C(C)C)c4-c4c([2H])c([2H])c([2H])c([2H])c4[2H])ccc3)c3ccccc32)c([2H])c1[2H]. The molecule has 0 spiro atoms. The van der Waals surface area contributed by atoms with Gasteiger partial charge in [-0.1, -0.05) is 48.5 Å². The summed E-state index contributed by atoms with van der Waals surface area (Å²) in [6, 6.07) is 52.2. The molecule has 3 aromatic heterocycles. The Balaban J connectivity index is 1.06. The monoisotopic (exact) mass is 1170 g/mol. The van der Waals surface area contributed by atoms with Crippen molar-refractivity contribution in [3.63, 3.8) is 0 Å². The number of pyridine rings is 1. The Morgan fingerprint density at radius 1 is 0.671 bits per heavy atom. The zero-order chi connectivity index (χ0) is 62.2. The molecular weight excluding hydrogens is 1110 g/mol. The summed E-state index contributed by atoms with van der Waals surface area (Å²) in [5, 5.41) is 2.01. The van der Waals surface area contributed by atoms with Gasteiger partial charge in [0, 0.05) is 5.52 Å². The molecule has 0 atom stereocenters. The standard InChI is InChI=1S/C68H54BN5O.Pt/c1-46(2)42-50-43-63(73-62-37-21-33-58-57-30-15-16-34-59(57)74(66(58)62)69(73)52-26-13-8-14-27-52)70-67(64(50)49-24-11-7-12-25-49)75-54-29-19-28-53(44-54)71-45-72(61-36-18-17-35-60(61)71)65-55(47-22-9-6-10-23-47)31-20-32-56(65)48-38-40-51(41-39-48)68(3,4)5;/h6-36,38-41,43,46H,42H2,1-5H3;/q-2;/i6D,7D,9D,10D,11D,12D,22D,23D,24D,25D,42D2;. The second-order valence-electron chi connectivity index (χ2n) is 20.1. The van der Waals surface area contributed by atoms with Crippen LogP contribution >= 0.6 is 0 Å². The maximum absolute atomic E-state index is 9.97. The molecule has 1 aliphatic rings. The average Bonchev–Trinajstić information content (AvgIpc) is 1.52. The molecular formula is C68H54BN5OPt-2. The number of ether oxygens (including phenoxy) is 1. The van der Waals surface area contributed by atoms with Gasteiger partial charge >= 0.3 is 390 Å². The van der Waals surface area contributed by atoms with E-state index in [4.69, 9.17) is 17.9 Å². The third kappa shape index (κ3) is 8.17. The van der Waals surface area contributed by atoms with Crippen LogP contribution in [0.3, 0.4) is 0 Å². The van der Waals surface area contributed by atoms with Crippen LogP contribution in [0.15, 0.2) is 218 Å². The van der Waals surface area contributed by atoms with Crippen molar-refractivity contribution in [1.29, 1.82) is 0 Å². The van der Waals surface area contributed by atoms with Crippen molar-refractivity contribution in [2.24, 2.45) is 5.92 Å². The number of aromatic nitrogens is 4. The first kappa shape index (κ1) is 35.9. The fourth-order valence-corrected chi connectivity index (χ4v) is 11.7. The third-order valence-electron chi connectivity index (χ3n) is 13.9. The molecule has 0 radical (unpaired) electrons. The summed E-state index contributed by atoms with van der Waals surface area (Å²) in [6.07, 6.45) is -2.24. The summed E-state index contributed by atoms with van der Waals surface area (Å²) in [5.41, 5.74) is 8.25. The molecule has 9 aromatic carbocycles. The topological polar surface area (TPSA) is 40.1 Å². The van der Waals surface area contributed by atoms with Crippen molar-refractivity contribution in [3.8, 4) is 56.4 Å². The van der Waals surface area contributed by atoms with E-state index >= 15 is 0 Å². The van der Waals surface area contributed by atoms with Crippen LogP contribution in [0, 0.1) is 21.9 Å². The minimum absolute atomic E-state index is 0.0219. The number of benzene rings is 9. The number of hydrogen-bond acceptors (Lipinski definition) is 3. The normalized spacial score (nSPS) is 14.9. The Bertz CT molecular complexity index is 4890. The van der Waals surface area contributed by atoms with E-state index in [0.717, 1.165) is 44.0 Å². The van der Waals surface area contributed by atoms with Crippen molar-refractivity contribution in [1.82, 2.24) is 18.6 Å². The zero-order valence-electron chi connectivity index (χ0n) is 54.1. The fraction of sp³-hybridized carbons (Fsp3) is 0.118. The first-order chi connectivity index (χ1) is 42.0. The van der Waals surface area contributed by atoms with Crippen LogP contribution in [0.25, 0.3) is 77.6 Å². The predicted octanol–water partition coefficient (Wildman–Crippen LogP) is 16.3. The van der Waals surface area contributed by atoms with E-state index in [9.17, 15) is 8.22 Å². The molecule has 0 bridgehead atoms. The van der Waals surface area contributed by atoms with Crippen molar-refractivity contribution in [2.75, 3.05) is 4.81 Å². The molecule has 0 aliphatic carbocycles. The molecule has 6 nitrogen and oxygen atoms in total. The van der Waals surface area contributed by atoms with Gasteiger partial charge in [0.25, 0.3) is 0 Å². The first-order valence-corrected chi connectivity index (χ1v) is 26.2. The van der Waals surface area contributed by atoms with Gasteiger partial charge in [-0.3, -0.25) is 0 Å². The fourth-order valence-electron chi connectivity index (χ4n) is 10.6. The first-order valence-electron chi connectivity index (χ1n) is 31.1. The number of imidazole rings is 1. The van der Waals surface area contributed by atoms with Gasteiger partial charge < -0.3 is 0 Å². The van der Waals surface area contributed by atoms with Crippen LogP contribution in [-0.4, -0.2) is 25.6 Å². The van der Waals surface area contributed by atoms with E-state index in [1.807, 2.05) is 123 Å². The number of rotatable bonds is 11. The van der Waals surface area contributed by atoms with Crippen LogP contribution in [0.2, 0.25) is 0 Å². The van der Waals surface area contributed by atoms with Crippen molar-refractivity contribution in [2.45, 2.75) is 46.4 Å². The van der Waals surface area contributed by atoms with Crippen LogP contribution < -0.4 is 15.0 Å². The molecule has 0 amide bonds. The van der Waals surface area contributed by atoms with Gasteiger partial charge in [0.05, 0.1) is 1.37 Å². The molecule has 13 rings (SSSR count). The molecule has 0 N–H and O–H groups in total. The maximum atomic E-state index is 9.97. The Hall–Kier alpha value is -8.25. The molecule has 8 heteroatoms. The molecule has 76 heavy (non-hydrogen) atoms. The summed E-state index contributed by atoms with van der Waals surface area (Å²) in [6.45, 7) is 9.28. The summed E-state index contributed by atoms with van der Waals surface area (Å²) in [7, 11) is 0. The number of anilines is 2. The summed E-state index contributed by atoms with van der Waals surface area (Å²) >= 11 is 2.23. The number of para-hydroxylation sites is 4. The van der Waals surface area contributed by atoms with E-state index in [-0.39, 0.29) is 57.2 Å². The predicted molar refractivity (Wildman–Crippen MR) is 310 cm³/mol. The van der Waals surface area contributed by atoms with E-state index in [1.54, 1.807) is 38.1 Å². The van der Waals surface area contributed by atoms with Gasteiger partial charge in [-0.05, 0) is 11.5 Å². The second kappa shape index (κ2) is 19.2. The molecule has 12 aromatic rings. The van der Waals surface area contributed by atoms with Crippen LogP contribution in [-0.2, 0) is 31.1 Å². The zero-order valence-corrected chi connectivity index (χ0v) is 44.4. The summed E-state index contributed by atoms with van der Waals surface area (Å²) < 4.78 is 124. The Morgan fingerprint density at radius 2 is 1.32 bits per heavy atom. The van der Waals surface area contributed by atoms with Gasteiger partial charge in [-0.25, -0.2) is 0 Å². The molecule has 0 saturated heterocycles. The van der Waals surface area contributed by atoms with Gasteiger partial charge in [0.2, 0.25) is 0 Å². The van der Waals surface area contributed by atoms with Crippen LogP contribution in [0.5, 0.6) is 11.6 Å². The Labute approximate surface area is 472 Å². The van der Waals surface area contributed by atoms with E-state index < -0.39 is 67.6 Å². The van der Waals surface area contributed by atoms with Gasteiger partial charge in [-0.2, -0.15) is 12.1 Å².